The highest BCUT2D eigenvalue weighted by Gasteiger charge is 2.14. The van der Waals surface area contributed by atoms with Crippen molar-refractivity contribution >= 4 is 9.53 Å². The van der Waals surface area contributed by atoms with Crippen LogP contribution in [0.5, 0.6) is 0 Å². The van der Waals surface area contributed by atoms with Crippen molar-refractivity contribution in [1.82, 2.24) is 0 Å². The highest BCUT2D eigenvalue weighted by Crippen LogP contribution is 2.15. The Hall–Kier alpha value is -0.723. The second-order valence-electron chi connectivity index (χ2n) is 9.90. The van der Waals surface area contributed by atoms with Crippen LogP contribution >= 0.6 is 0 Å². The molecule has 33 heavy (non-hydrogen) atoms. The van der Waals surface area contributed by atoms with E-state index in [0.29, 0.717) is 0 Å². The van der Waals surface area contributed by atoms with Gasteiger partial charge in [-0.15, -0.1) is 0 Å². The molecule has 0 radical (unpaired) electrons. The molecule has 1 rings (SSSR count). The Labute approximate surface area is 208 Å². The van der Waals surface area contributed by atoms with E-state index in [9.17, 15) is 0 Å². The molecule has 0 aliphatic rings. The van der Waals surface area contributed by atoms with Crippen molar-refractivity contribution in [2.24, 2.45) is 0 Å². The van der Waals surface area contributed by atoms with Crippen LogP contribution < -0.4 is 0 Å². The van der Waals surface area contributed by atoms with Crippen LogP contribution in [-0.4, -0.2) is 56.0 Å². The van der Waals surface area contributed by atoms with Gasteiger partial charge in [-0.05, 0) is 12.8 Å². The van der Waals surface area contributed by atoms with Gasteiger partial charge in [0.2, 0.25) is 0 Å². The number of benzene rings is 1. The van der Waals surface area contributed by atoms with Gasteiger partial charge in [0, 0.05) is 26.9 Å². The molecule has 1 aromatic carbocycles. The SMILES string of the molecule is CCCCCCCCCCCCCCCC[N+](C)(C)Cc1ccccc1.CO[SiH](OC)OC. The van der Waals surface area contributed by atoms with Gasteiger partial charge < -0.3 is 17.8 Å². The fraction of sp³-hybridized carbons (Fsp3) is 0.786. The summed E-state index contributed by atoms with van der Waals surface area (Å²) in [5, 5.41) is 0. The molecular formula is C28H56NO3Si+. The lowest BCUT2D eigenvalue weighted by Crippen LogP contribution is -2.39. The minimum Gasteiger partial charge on any atom is -0.379 e. The van der Waals surface area contributed by atoms with Gasteiger partial charge >= 0.3 is 9.53 Å². The average molecular weight is 483 g/mol. The van der Waals surface area contributed by atoms with Crippen LogP contribution in [0.2, 0.25) is 0 Å². The Balaban J connectivity index is 0.00000126. The summed E-state index contributed by atoms with van der Waals surface area (Å²) in [7, 11) is 7.79. The number of nitrogens with zero attached hydrogens (tertiary/aromatic N) is 1. The maximum Gasteiger partial charge on any atom is 0.483 e. The first-order valence-corrected chi connectivity index (χ1v) is 14.8. The Morgan fingerprint density at radius 3 is 1.36 bits per heavy atom. The summed E-state index contributed by atoms with van der Waals surface area (Å²) in [6.07, 6.45) is 20.2. The zero-order valence-electron chi connectivity index (χ0n) is 22.9. The highest BCUT2D eigenvalue weighted by molar-refractivity contribution is 6.36. The number of rotatable bonds is 20. The summed E-state index contributed by atoms with van der Waals surface area (Å²) in [6.45, 7) is 4.75. The molecule has 0 aliphatic heterocycles. The number of unbranched alkanes of at least 4 members (excludes halogenated alkanes) is 13. The van der Waals surface area contributed by atoms with Gasteiger partial charge in [0.1, 0.15) is 6.54 Å². The Morgan fingerprint density at radius 1 is 0.606 bits per heavy atom. The summed E-state index contributed by atoms with van der Waals surface area (Å²) >= 11 is 0. The average Bonchev–Trinajstić information content (AvgIpc) is 2.81. The second-order valence-corrected chi connectivity index (χ2v) is 11.9. The highest BCUT2D eigenvalue weighted by atomic mass is 28.3. The van der Waals surface area contributed by atoms with Crippen LogP contribution in [0.15, 0.2) is 30.3 Å². The van der Waals surface area contributed by atoms with Gasteiger partial charge in [0.25, 0.3) is 0 Å². The predicted octanol–water partition coefficient (Wildman–Crippen LogP) is 7.39. The molecule has 1 aromatic rings. The van der Waals surface area contributed by atoms with Crippen LogP contribution in [0.1, 0.15) is 102 Å². The molecule has 0 N–H and O–H groups in total. The van der Waals surface area contributed by atoms with E-state index in [-0.39, 0.29) is 0 Å². The summed E-state index contributed by atoms with van der Waals surface area (Å²) in [4.78, 5) is 0. The van der Waals surface area contributed by atoms with E-state index >= 15 is 0 Å². The van der Waals surface area contributed by atoms with E-state index in [4.69, 9.17) is 13.3 Å². The van der Waals surface area contributed by atoms with Gasteiger partial charge in [-0.25, -0.2) is 0 Å². The molecule has 0 heterocycles. The molecule has 0 unspecified atom stereocenters. The third-order valence-electron chi connectivity index (χ3n) is 6.15. The molecule has 194 valence electrons. The molecule has 0 aromatic heterocycles. The van der Waals surface area contributed by atoms with E-state index in [2.05, 4.69) is 51.4 Å². The molecule has 0 aliphatic carbocycles. The number of hydrogen-bond donors (Lipinski definition) is 0. The third-order valence-corrected chi connectivity index (χ3v) is 7.30. The minimum atomic E-state index is -1.67. The third kappa shape index (κ3) is 21.5. The quantitative estimate of drug-likeness (QED) is 0.110. The Kier molecular flexibility index (Phi) is 22.5. The largest absolute Gasteiger partial charge is 0.483 e. The summed E-state index contributed by atoms with van der Waals surface area (Å²) < 4.78 is 15.3. The van der Waals surface area contributed by atoms with Gasteiger partial charge in [0.05, 0.1) is 20.6 Å². The van der Waals surface area contributed by atoms with E-state index in [1.165, 1.54) is 102 Å². The first-order chi connectivity index (χ1) is 16.0. The standard InChI is InChI=1S/C25H46N.C3H10O3Si/c1-4-5-6-7-8-9-10-11-12-13-14-15-16-20-23-26(2,3)24-25-21-18-17-19-22-25;1-4-7(5-2)6-3/h17-19,21-22H,4-16,20,23-24H2,1-3H3;7H,1-3H3/q+1;. The van der Waals surface area contributed by atoms with E-state index in [1.54, 1.807) is 21.3 Å². The fourth-order valence-electron chi connectivity index (χ4n) is 4.18. The maximum atomic E-state index is 4.74. The predicted molar refractivity (Wildman–Crippen MR) is 146 cm³/mol. The van der Waals surface area contributed by atoms with Crippen molar-refractivity contribution < 1.29 is 17.8 Å². The zero-order valence-corrected chi connectivity index (χ0v) is 24.1. The van der Waals surface area contributed by atoms with Crippen molar-refractivity contribution in [1.29, 1.82) is 0 Å². The van der Waals surface area contributed by atoms with Gasteiger partial charge in [0.15, 0.2) is 0 Å². The smallest absolute Gasteiger partial charge is 0.379 e. The molecule has 0 atom stereocenters. The fourth-order valence-corrected chi connectivity index (χ4v) is 4.76. The van der Waals surface area contributed by atoms with Crippen LogP contribution in [0, 0.1) is 0 Å². The first kappa shape index (κ1) is 32.3. The molecule has 0 fully saturated rings. The van der Waals surface area contributed by atoms with Crippen molar-refractivity contribution in [2.75, 3.05) is 42.0 Å². The lowest BCUT2D eigenvalue weighted by molar-refractivity contribution is -0.903. The molecule has 0 bridgehead atoms. The van der Waals surface area contributed by atoms with Gasteiger partial charge in [-0.2, -0.15) is 0 Å². The molecule has 0 saturated carbocycles. The van der Waals surface area contributed by atoms with Crippen LogP contribution in [-0.2, 0) is 19.8 Å². The molecular weight excluding hydrogens is 426 g/mol. The molecule has 0 saturated heterocycles. The number of quaternary nitrogens is 1. The minimum absolute atomic E-state index is 1.11. The first-order valence-electron chi connectivity index (χ1n) is 13.4. The lowest BCUT2D eigenvalue weighted by Gasteiger charge is -2.30. The van der Waals surface area contributed by atoms with Crippen molar-refractivity contribution in [3.05, 3.63) is 35.9 Å². The van der Waals surface area contributed by atoms with E-state index < -0.39 is 9.53 Å². The molecule has 4 nitrogen and oxygen atoms in total. The zero-order chi connectivity index (χ0) is 24.6. The monoisotopic (exact) mass is 482 g/mol. The Morgan fingerprint density at radius 2 is 1.00 bits per heavy atom. The molecule has 5 heteroatoms. The lowest BCUT2D eigenvalue weighted by atomic mass is 10.0. The normalized spacial score (nSPS) is 11.5. The number of hydrogen-bond acceptors (Lipinski definition) is 3. The van der Waals surface area contributed by atoms with E-state index in [1.807, 2.05) is 0 Å². The van der Waals surface area contributed by atoms with Crippen molar-refractivity contribution in [2.45, 2.75) is 103 Å². The van der Waals surface area contributed by atoms with Crippen LogP contribution in [0.4, 0.5) is 0 Å². The summed E-state index contributed by atoms with van der Waals surface area (Å²) in [6, 6.07) is 10.9. The molecule has 0 amide bonds. The van der Waals surface area contributed by atoms with Crippen LogP contribution in [0.3, 0.4) is 0 Å². The second kappa shape index (κ2) is 23.0. The topological polar surface area (TPSA) is 27.7 Å². The van der Waals surface area contributed by atoms with Crippen molar-refractivity contribution in [3.63, 3.8) is 0 Å². The summed E-state index contributed by atoms with van der Waals surface area (Å²) in [5.41, 5.74) is 1.46. The van der Waals surface area contributed by atoms with Crippen molar-refractivity contribution in [3.8, 4) is 0 Å². The maximum absolute atomic E-state index is 4.74. The van der Waals surface area contributed by atoms with E-state index in [0.717, 1.165) is 11.0 Å². The Bertz CT molecular complexity index is 504. The van der Waals surface area contributed by atoms with Crippen LogP contribution in [0.25, 0.3) is 0 Å². The molecule has 0 spiro atoms. The van der Waals surface area contributed by atoms with Gasteiger partial charge in [-0.3, -0.25) is 0 Å². The van der Waals surface area contributed by atoms with Gasteiger partial charge in [-0.1, -0.05) is 114 Å². The summed E-state index contributed by atoms with van der Waals surface area (Å²) in [5.74, 6) is 0.